The number of hydrogen-bond donors (Lipinski definition) is 2. The molecule has 150 valence electrons. The molecule has 1 amide bonds. The van der Waals surface area contributed by atoms with Gasteiger partial charge in [-0.2, -0.15) is 0 Å². The summed E-state index contributed by atoms with van der Waals surface area (Å²) < 4.78 is 10.8. The summed E-state index contributed by atoms with van der Waals surface area (Å²) in [7, 11) is 0. The Balaban J connectivity index is 1.58. The van der Waals surface area contributed by atoms with Gasteiger partial charge in [0.15, 0.2) is 5.96 Å². The molecule has 0 radical (unpaired) electrons. The molecule has 2 N–H and O–H groups in total. The van der Waals surface area contributed by atoms with E-state index in [0.29, 0.717) is 38.5 Å². The molecule has 1 aromatic heterocycles. The number of aliphatic hydroxyl groups is 1. The van der Waals surface area contributed by atoms with Crippen LogP contribution < -0.4 is 5.32 Å². The Kier molecular flexibility index (Phi) is 6.38. The molecule has 3 heterocycles. The van der Waals surface area contributed by atoms with Crippen LogP contribution in [0.2, 0.25) is 0 Å². The van der Waals surface area contributed by atoms with Gasteiger partial charge in [0, 0.05) is 39.3 Å². The molecule has 2 fully saturated rings. The molecule has 8 nitrogen and oxygen atoms in total. The van der Waals surface area contributed by atoms with E-state index in [2.05, 4.69) is 15.2 Å². The van der Waals surface area contributed by atoms with Gasteiger partial charge in [-0.3, -0.25) is 4.79 Å². The summed E-state index contributed by atoms with van der Waals surface area (Å²) in [6, 6.07) is 3.50. The highest BCUT2D eigenvalue weighted by molar-refractivity contribution is 5.82. The molecule has 0 aliphatic carbocycles. The van der Waals surface area contributed by atoms with Crippen LogP contribution in [0.25, 0.3) is 0 Å². The molecule has 0 aromatic carbocycles. The van der Waals surface area contributed by atoms with E-state index in [-0.39, 0.29) is 18.6 Å². The van der Waals surface area contributed by atoms with Crippen molar-refractivity contribution >= 4 is 11.9 Å². The van der Waals surface area contributed by atoms with Gasteiger partial charge in [-0.1, -0.05) is 0 Å². The van der Waals surface area contributed by atoms with Crippen LogP contribution in [0.15, 0.2) is 27.8 Å². The summed E-state index contributed by atoms with van der Waals surface area (Å²) in [5.41, 5.74) is -1.16. The van der Waals surface area contributed by atoms with E-state index in [1.54, 1.807) is 25.3 Å². The van der Waals surface area contributed by atoms with Gasteiger partial charge in [0.2, 0.25) is 0 Å². The van der Waals surface area contributed by atoms with Crippen molar-refractivity contribution in [2.75, 3.05) is 45.9 Å². The monoisotopic (exact) mass is 378 g/mol. The third-order valence-corrected chi connectivity index (χ3v) is 5.02. The molecular weight excluding hydrogens is 348 g/mol. The zero-order chi connectivity index (χ0) is 19.3. The van der Waals surface area contributed by atoms with Crippen molar-refractivity contribution in [1.82, 2.24) is 15.1 Å². The molecule has 0 spiro atoms. The van der Waals surface area contributed by atoms with Crippen LogP contribution in [-0.2, 0) is 15.1 Å². The largest absolute Gasteiger partial charge is 0.466 e. The lowest BCUT2D eigenvalue weighted by Gasteiger charge is -2.37. The third kappa shape index (κ3) is 4.81. The quantitative estimate of drug-likeness (QED) is 0.581. The molecule has 0 saturated carbocycles. The first-order chi connectivity index (χ1) is 13.0. The van der Waals surface area contributed by atoms with Gasteiger partial charge < -0.3 is 29.4 Å². The van der Waals surface area contributed by atoms with Crippen LogP contribution in [0.4, 0.5) is 0 Å². The number of nitrogens with one attached hydrogen (secondary N) is 1. The van der Waals surface area contributed by atoms with Gasteiger partial charge in [0.1, 0.15) is 17.5 Å². The van der Waals surface area contributed by atoms with Crippen LogP contribution in [-0.4, -0.2) is 78.8 Å². The first kappa shape index (κ1) is 19.7. The van der Waals surface area contributed by atoms with Crippen molar-refractivity contribution in [1.29, 1.82) is 0 Å². The standard InChI is InChI=1S/C19H30N4O4/c1-3-20-18(21-14-19(2,25)16-7-5-13-27-16)23-10-8-22(9-11-23)17(24)15-6-4-12-26-15/h5,7,13,15,25H,3-4,6,8-12,14H2,1-2H3,(H,20,21). The summed E-state index contributed by atoms with van der Waals surface area (Å²) in [5.74, 6) is 1.34. The Hall–Kier alpha value is -2.06. The van der Waals surface area contributed by atoms with E-state index < -0.39 is 5.60 Å². The summed E-state index contributed by atoms with van der Waals surface area (Å²) >= 11 is 0. The number of carbonyl (C=O) groups excluding carboxylic acids is 1. The predicted octanol–water partition coefficient (Wildman–Crippen LogP) is 0.776. The normalized spacial score (nSPS) is 23.4. The van der Waals surface area contributed by atoms with E-state index in [9.17, 15) is 9.90 Å². The summed E-state index contributed by atoms with van der Waals surface area (Å²) in [5, 5.41) is 13.9. The smallest absolute Gasteiger partial charge is 0.251 e. The molecular formula is C19H30N4O4. The van der Waals surface area contributed by atoms with Gasteiger partial charge in [0.05, 0.1) is 12.8 Å². The Morgan fingerprint density at radius 1 is 1.37 bits per heavy atom. The van der Waals surface area contributed by atoms with E-state index >= 15 is 0 Å². The first-order valence-electron chi connectivity index (χ1n) is 9.71. The topological polar surface area (TPSA) is 90.5 Å². The highest BCUT2D eigenvalue weighted by Crippen LogP contribution is 2.21. The zero-order valence-electron chi connectivity index (χ0n) is 16.2. The molecule has 2 atom stereocenters. The van der Waals surface area contributed by atoms with E-state index in [1.807, 2.05) is 11.8 Å². The Morgan fingerprint density at radius 3 is 2.70 bits per heavy atom. The van der Waals surface area contributed by atoms with Gasteiger partial charge >= 0.3 is 0 Å². The minimum Gasteiger partial charge on any atom is -0.466 e. The molecule has 2 aliphatic rings. The average molecular weight is 378 g/mol. The SMILES string of the molecule is CCNC(=NCC(C)(O)c1ccco1)N1CCN(C(=O)C2CCCO2)CC1. The second-order valence-corrected chi connectivity index (χ2v) is 7.24. The maximum atomic E-state index is 12.5. The number of carbonyl (C=O) groups is 1. The second kappa shape index (κ2) is 8.75. The Bertz CT molecular complexity index is 630. The number of nitrogens with zero attached hydrogens (tertiary/aromatic N) is 3. The first-order valence-corrected chi connectivity index (χ1v) is 9.71. The van der Waals surface area contributed by atoms with Crippen LogP contribution in [0, 0.1) is 0 Å². The lowest BCUT2D eigenvalue weighted by molar-refractivity contribution is -0.142. The third-order valence-electron chi connectivity index (χ3n) is 5.02. The number of furan rings is 1. The summed E-state index contributed by atoms with van der Waals surface area (Å²) in [6.45, 7) is 8.02. The van der Waals surface area contributed by atoms with Crippen LogP contribution >= 0.6 is 0 Å². The molecule has 2 saturated heterocycles. The number of piperazine rings is 1. The van der Waals surface area contributed by atoms with Crippen LogP contribution in [0.1, 0.15) is 32.4 Å². The number of guanidine groups is 1. The number of amides is 1. The van der Waals surface area contributed by atoms with Gasteiger partial charge in [0.25, 0.3) is 5.91 Å². The second-order valence-electron chi connectivity index (χ2n) is 7.24. The average Bonchev–Trinajstić information content (AvgIpc) is 3.39. The highest BCUT2D eigenvalue weighted by atomic mass is 16.5. The molecule has 2 unspecified atom stereocenters. The number of aliphatic imine (C=N–C) groups is 1. The van der Waals surface area contributed by atoms with Crippen molar-refractivity contribution in [3.63, 3.8) is 0 Å². The number of rotatable bonds is 5. The Morgan fingerprint density at radius 2 is 2.11 bits per heavy atom. The Labute approximate surface area is 160 Å². The zero-order valence-corrected chi connectivity index (χ0v) is 16.2. The van der Waals surface area contributed by atoms with Crippen LogP contribution in [0.3, 0.4) is 0 Å². The molecule has 2 aliphatic heterocycles. The summed E-state index contributed by atoms with van der Waals surface area (Å²) in [6.07, 6.45) is 3.07. The number of ether oxygens (including phenoxy) is 1. The minimum atomic E-state index is -1.16. The fraction of sp³-hybridized carbons (Fsp3) is 0.684. The van der Waals surface area contributed by atoms with Crippen molar-refractivity contribution in [3.05, 3.63) is 24.2 Å². The maximum absolute atomic E-state index is 12.5. The fourth-order valence-electron chi connectivity index (χ4n) is 3.43. The lowest BCUT2D eigenvalue weighted by Crippen LogP contribution is -2.55. The lowest BCUT2D eigenvalue weighted by atomic mass is 10.0. The molecule has 27 heavy (non-hydrogen) atoms. The van der Waals surface area contributed by atoms with Crippen molar-refractivity contribution in [3.8, 4) is 0 Å². The van der Waals surface area contributed by atoms with E-state index in [1.165, 1.54) is 0 Å². The van der Waals surface area contributed by atoms with Crippen molar-refractivity contribution in [2.24, 2.45) is 4.99 Å². The molecule has 0 bridgehead atoms. The maximum Gasteiger partial charge on any atom is 0.251 e. The van der Waals surface area contributed by atoms with Gasteiger partial charge in [-0.15, -0.1) is 0 Å². The van der Waals surface area contributed by atoms with Gasteiger partial charge in [-0.25, -0.2) is 4.99 Å². The van der Waals surface area contributed by atoms with E-state index in [4.69, 9.17) is 9.15 Å². The fourth-order valence-corrected chi connectivity index (χ4v) is 3.43. The van der Waals surface area contributed by atoms with E-state index in [0.717, 1.165) is 25.3 Å². The predicted molar refractivity (Wildman–Crippen MR) is 101 cm³/mol. The molecule has 3 rings (SSSR count). The molecule has 1 aromatic rings. The highest BCUT2D eigenvalue weighted by Gasteiger charge is 2.31. The minimum absolute atomic E-state index is 0.106. The number of hydrogen-bond acceptors (Lipinski definition) is 5. The van der Waals surface area contributed by atoms with Crippen molar-refractivity contribution < 1.29 is 19.1 Å². The van der Waals surface area contributed by atoms with Crippen LogP contribution in [0.5, 0.6) is 0 Å². The van der Waals surface area contributed by atoms with Crippen molar-refractivity contribution in [2.45, 2.75) is 38.4 Å². The summed E-state index contributed by atoms with van der Waals surface area (Å²) in [4.78, 5) is 21.1. The van der Waals surface area contributed by atoms with Gasteiger partial charge in [-0.05, 0) is 38.8 Å². The molecule has 8 heteroatoms.